The molecule has 0 spiro atoms. The molecule has 0 aromatic carbocycles. The molecule has 0 bridgehead atoms. The SMILES string of the molecule is C.C.C.C.CC(C)(C)C(=O)N1CCCC(N)C1.CC1CNC1.Cc1ccc(N)cn1.NC1CCCC1.NC1CCCNC1.Nc1ccncn1.Nc1ncc(Cl)s1.Nc1nccs1.Nc1ncns1. The van der Waals surface area contributed by atoms with E-state index < -0.39 is 0 Å². The second-order valence-electron chi connectivity index (χ2n) is 16.3. The second-order valence-corrected chi connectivity index (χ2v) is 19.8. The van der Waals surface area contributed by atoms with Crippen LogP contribution < -0.4 is 56.5 Å². The van der Waals surface area contributed by atoms with Gasteiger partial charge in [0.25, 0.3) is 0 Å². The molecule has 5 aromatic heterocycles. The lowest BCUT2D eigenvalue weighted by Gasteiger charge is -2.35. The first-order valence-electron chi connectivity index (χ1n) is 21.6. The largest absolute Gasteiger partial charge is 0.397 e. The smallest absolute Gasteiger partial charge is 0.227 e. The van der Waals surface area contributed by atoms with Crippen LogP contribution in [0.4, 0.5) is 26.9 Å². The molecule has 396 valence electrons. The molecule has 8 heterocycles. The molecule has 19 nitrogen and oxygen atoms in total. The molecule has 3 saturated heterocycles. The number of carbonyl (C=O) groups excluding carboxylic acids is 1. The van der Waals surface area contributed by atoms with Crippen LogP contribution in [-0.2, 0) is 4.79 Å². The first-order chi connectivity index (χ1) is 30.8. The summed E-state index contributed by atoms with van der Waals surface area (Å²) in [6.45, 7) is 16.3. The number of anilines is 5. The topological polar surface area (TPSA) is 343 Å². The number of rotatable bonds is 0. The van der Waals surface area contributed by atoms with Crippen LogP contribution in [0.2, 0.25) is 4.34 Å². The van der Waals surface area contributed by atoms with Crippen molar-refractivity contribution in [3.63, 3.8) is 0 Å². The molecule has 9 rings (SSSR count). The minimum absolute atomic E-state index is 0. The van der Waals surface area contributed by atoms with Crippen LogP contribution in [0.5, 0.6) is 0 Å². The van der Waals surface area contributed by atoms with Crippen molar-refractivity contribution >= 4 is 78.6 Å². The molecule has 4 aliphatic rings. The van der Waals surface area contributed by atoms with E-state index >= 15 is 0 Å². The number of nitrogens with two attached hydrogens (primary N) is 8. The molecular weight excluding hydrogens is 952 g/mol. The number of hydrogen-bond donors (Lipinski definition) is 10. The van der Waals surface area contributed by atoms with Crippen LogP contribution in [-0.4, -0.2) is 102 Å². The first kappa shape index (κ1) is 71.2. The van der Waals surface area contributed by atoms with E-state index in [4.69, 9.17) is 57.5 Å². The molecule has 69 heavy (non-hydrogen) atoms. The third-order valence-corrected chi connectivity index (χ3v) is 11.0. The van der Waals surface area contributed by atoms with Crippen LogP contribution >= 0.6 is 45.8 Å². The van der Waals surface area contributed by atoms with E-state index in [-0.39, 0.29) is 47.1 Å². The standard InChI is InChI=1S/C10H20N2O.C6H8N2.C5H12N2.C5H11N.C4H5N3.C4H9N.C3H3ClN2S.C3H4N2S.C2H3N3S.4CH4/c1-10(2,3)9(13)12-6-4-5-8(11)7-12;1-5-2-3-6(7)4-8-5;6-5-2-1-3-7-4-5;6-5-3-1-2-4-5;5-4-1-2-6-3-7-4;1-4-2-5-3-4;4-2-1-6-3(5)7-2;4-3-5-1-2-6-3;3-2-4-1-5-6-2;;;;/h8H,4-7,11H2,1-3H3;2-4H,7H2,1H3;5,7H,1-4,6H2;5H,1-4,6H2;1-3H,(H2,5,6,7);4-5H,2-3H2,1H3;1H,(H2,5,6);1-2H,(H2,4,5);1H,(H2,3,4,5);4*1H4. The lowest BCUT2D eigenvalue weighted by Crippen LogP contribution is -2.49. The zero-order chi connectivity index (χ0) is 48.5. The van der Waals surface area contributed by atoms with Crippen molar-refractivity contribution in [2.24, 2.45) is 28.5 Å². The van der Waals surface area contributed by atoms with Crippen molar-refractivity contribution in [3.05, 3.63) is 71.1 Å². The van der Waals surface area contributed by atoms with Gasteiger partial charge in [0.05, 0.1) is 18.1 Å². The number of hydrogen-bond acceptors (Lipinski definition) is 21. The molecule has 1 aliphatic carbocycles. The molecule has 5 aromatic rings. The normalized spacial score (nSPS) is 16.4. The number of likely N-dealkylation sites (tertiary alicyclic amines) is 1. The number of thiazole rings is 2. The number of aromatic nitrogens is 7. The minimum atomic E-state index is -0.267. The summed E-state index contributed by atoms with van der Waals surface area (Å²) < 4.78 is 4.26. The van der Waals surface area contributed by atoms with Gasteiger partial charge in [0.1, 0.15) is 22.8 Å². The van der Waals surface area contributed by atoms with Gasteiger partial charge in [0, 0.05) is 78.2 Å². The van der Waals surface area contributed by atoms with Crippen LogP contribution in [0, 0.1) is 18.3 Å². The lowest BCUT2D eigenvalue weighted by atomic mass is 9.93. The van der Waals surface area contributed by atoms with Crippen molar-refractivity contribution < 1.29 is 4.79 Å². The van der Waals surface area contributed by atoms with Crippen LogP contribution in [0.3, 0.4) is 0 Å². The van der Waals surface area contributed by atoms with Gasteiger partial charge in [-0.2, -0.15) is 4.37 Å². The number of nitrogens with one attached hydrogen (secondary N) is 2. The Kier molecular flexibility index (Phi) is 43.8. The van der Waals surface area contributed by atoms with Gasteiger partial charge in [-0.1, -0.05) is 93.2 Å². The third kappa shape index (κ3) is 40.1. The van der Waals surface area contributed by atoms with Gasteiger partial charge in [-0.3, -0.25) is 9.78 Å². The Morgan fingerprint density at radius 1 is 0.725 bits per heavy atom. The van der Waals surface area contributed by atoms with Gasteiger partial charge in [0.15, 0.2) is 15.4 Å². The maximum absolute atomic E-state index is 11.8. The summed E-state index contributed by atoms with van der Waals surface area (Å²) in [5.41, 5.74) is 44.5. The third-order valence-electron chi connectivity index (χ3n) is 8.97. The number of piperidine rings is 2. The summed E-state index contributed by atoms with van der Waals surface area (Å²) in [5.74, 6) is 1.69. The fourth-order valence-electron chi connectivity index (χ4n) is 5.40. The molecule has 1 amide bonds. The summed E-state index contributed by atoms with van der Waals surface area (Å²) in [4.78, 5) is 36.0. The number of halogens is 1. The molecule has 2 atom stereocenters. The number of pyridine rings is 1. The average Bonchev–Trinajstić information content (AvgIpc) is 4.12. The van der Waals surface area contributed by atoms with E-state index in [0.717, 1.165) is 56.3 Å². The van der Waals surface area contributed by atoms with E-state index in [1.807, 2.05) is 50.1 Å². The number of aryl methyl sites for hydroxylation is 1. The number of carbonyl (C=O) groups is 1. The van der Waals surface area contributed by atoms with Gasteiger partial charge in [-0.05, 0) is 89.2 Å². The van der Waals surface area contributed by atoms with Gasteiger partial charge >= 0.3 is 0 Å². The number of amides is 1. The van der Waals surface area contributed by atoms with Crippen LogP contribution in [0.1, 0.15) is 114 Å². The van der Waals surface area contributed by atoms with Crippen LogP contribution in [0.15, 0.2) is 61.0 Å². The highest BCUT2D eigenvalue weighted by molar-refractivity contribution is 7.19. The quantitative estimate of drug-likeness (QED) is 0.0713. The fraction of sp³-hybridized carbons (Fsp3) is 0.609. The molecular formula is C46H91ClN18OS3. The van der Waals surface area contributed by atoms with Crippen molar-refractivity contribution in [1.82, 2.24) is 49.8 Å². The van der Waals surface area contributed by atoms with E-state index in [0.29, 0.717) is 37.6 Å². The summed E-state index contributed by atoms with van der Waals surface area (Å²) in [6, 6.07) is 6.51. The predicted molar refractivity (Wildman–Crippen MR) is 301 cm³/mol. The molecule has 1 saturated carbocycles. The average molecular weight is 1040 g/mol. The maximum Gasteiger partial charge on any atom is 0.227 e. The summed E-state index contributed by atoms with van der Waals surface area (Å²) in [6.07, 6.45) is 19.1. The zero-order valence-electron chi connectivity index (χ0n) is 38.7. The first-order valence-corrected chi connectivity index (χ1v) is 24.4. The molecule has 4 fully saturated rings. The molecule has 0 radical (unpaired) electrons. The monoisotopic (exact) mass is 1040 g/mol. The van der Waals surface area contributed by atoms with Gasteiger partial charge < -0.3 is 61.4 Å². The Balaban J connectivity index is -0.000000346. The number of nitrogens with zero attached hydrogens (tertiary/aromatic N) is 8. The Labute approximate surface area is 432 Å². The molecule has 3 aliphatic heterocycles. The highest BCUT2D eigenvalue weighted by atomic mass is 35.5. The highest BCUT2D eigenvalue weighted by Gasteiger charge is 2.29. The number of nitrogen functional groups attached to an aromatic ring is 5. The summed E-state index contributed by atoms with van der Waals surface area (Å²) in [5, 5.41) is 9.89. The van der Waals surface area contributed by atoms with E-state index in [1.165, 1.54) is 105 Å². The van der Waals surface area contributed by atoms with Gasteiger partial charge in [-0.25, -0.2) is 24.9 Å². The Hall–Kier alpha value is -4.39. The molecule has 2 unspecified atom stereocenters. The fourth-order valence-corrected chi connectivity index (χ4v) is 6.78. The Bertz CT molecular complexity index is 1770. The minimum Gasteiger partial charge on any atom is -0.397 e. The van der Waals surface area contributed by atoms with Gasteiger partial charge in [-0.15, -0.1) is 11.3 Å². The van der Waals surface area contributed by atoms with Crippen molar-refractivity contribution in [1.29, 1.82) is 0 Å². The van der Waals surface area contributed by atoms with E-state index in [1.54, 1.807) is 24.7 Å². The van der Waals surface area contributed by atoms with Crippen molar-refractivity contribution in [2.75, 3.05) is 67.9 Å². The van der Waals surface area contributed by atoms with E-state index in [2.05, 4.69) is 51.8 Å². The van der Waals surface area contributed by atoms with Crippen LogP contribution in [0.25, 0.3) is 0 Å². The summed E-state index contributed by atoms with van der Waals surface area (Å²) >= 11 is 9.35. The molecule has 23 heteroatoms. The van der Waals surface area contributed by atoms with Gasteiger partial charge in [0.2, 0.25) is 5.91 Å². The summed E-state index contributed by atoms with van der Waals surface area (Å²) in [7, 11) is 0. The zero-order valence-corrected chi connectivity index (χ0v) is 41.9. The highest BCUT2D eigenvalue weighted by Crippen LogP contribution is 2.21. The van der Waals surface area contributed by atoms with Crippen molar-refractivity contribution in [3.8, 4) is 0 Å². The Morgan fingerprint density at radius 3 is 1.61 bits per heavy atom. The molecule has 18 N–H and O–H groups in total. The maximum atomic E-state index is 11.8. The second kappa shape index (κ2) is 42.5. The van der Waals surface area contributed by atoms with Crippen molar-refractivity contribution in [2.45, 2.75) is 134 Å². The Morgan fingerprint density at radius 2 is 1.36 bits per heavy atom. The predicted octanol–water partition coefficient (Wildman–Crippen LogP) is 7.59. The lowest BCUT2D eigenvalue weighted by molar-refractivity contribution is -0.140. The van der Waals surface area contributed by atoms with E-state index in [9.17, 15) is 4.79 Å².